The minimum Gasteiger partial charge on any atom is -0.478 e. The number of benzene rings is 1. The number of hydrogen-bond acceptors (Lipinski definition) is 4. The number of carbonyl (C=O) groups is 2. The predicted molar refractivity (Wildman–Crippen MR) is 106 cm³/mol. The van der Waals surface area contributed by atoms with E-state index in [1.807, 2.05) is 25.1 Å². The Hall–Kier alpha value is -2.89. The van der Waals surface area contributed by atoms with E-state index in [9.17, 15) is 9.59 Å². The van der Waals surface area contributed by atoms with Gasteiger partial charge in [-0.1, -0.05) is 12.1 Å². The van der Waals surface area contributed by atoms with Crippen molar-refractivity contribution >= 4 is 17.5 Å². The van der Waals surface area contributed by atoms with Gasteiger partial charge in [0.25, 0.3) is 0 Å². The Labute approximate surface area is 164 Å². The van der Waals surface area contributed by atoms with E-state index < -0.39 is 0 Å². The van der Waals surface area contributed by atoms with E-state index in [0.29, 0.717) is 25.6 Å². The highest BCUT2D eigenvalue weighted by molar-refractivity contribution is 6.00. The van der Waals surface area contributed by atoms with Gasteiger partial charge in [-0.25, -0.2) is 4.98 Å². The van der Waals surface area contributed by atoms with E-state index in [1.54, 1.807) is 11.1 Å². The zero-order valence-corrected chi connectivity index (χ0v) is 16.1. The molecule has 4 rings (SSSR count). The van der Waals surface area contributed by atoms with E-state index >= 15 is 0 Å². The van der Waals surface area contributed by atoms with Gasteiger partial charge in [-0.05, 0) is 55.5 Å². The molecule has 1 aromatic carbocycles. The summed E-state index contributed by atoms with van der Waals surface area (Å²) in [5, 5.41) is 2.94. The Bertz CT molecular complexity index is 896. The number of ether oxygens (including phenoxy) is 1. The first kappa shape index (κ1) is 18.5. The molecule has 0 radical (unpaired) electrons. The summed E-state index contributed by atoms with van der Waals surface area (Å²) < 4.78 is 5.50. The number of anilines is 1. The van der Waals surface area contributed by atoms with Gasteiger partial charge in [0.2, 0.25) is 17.7 Å². The first-order valence-corrected chi connectivity index (χ1v) is 9.92. The highest BCUT2D eigenvalue weighted by atomic mass is 16.5. The number of amides is 2. The fraction of sp³-hybridized carbons (Fsp3) is 0.409. The zero-order chi connectivity index (χ0) is 19.5. The molecule has 6 heteroatoms. The van der Waals surface area contributed by atoms with Crippen molar-refractivity contribution in [1.29, 1.82) is 0 Å². The quantitative estimate of drug-likeness (QED) is 0.838. The molecule has 1 aliphatic carbocycles. The minimum absolute atomic E-state index is 0.00878. The summed E-state index contributed by atoms with van der Waals surface area (Å²) in [7, 11) is 0. The van der Waals surface area contributed by atoms with Gasteiger partial charge in [0.1, 0.15) is 0 Å². The highest BCUT2D eigenvalue weighted by Gasteiger charge is 2.35. The molecular weight excluding hydrogens is 354 g/mol. The fourth-order valence-corrected chi connectivity index (χ4v) is 4.01. The van der Waals surface area contributed by atoms with Crippen molar-refractivity contribution in [3.8, 4) is 5.88 Å². The molecule has 0 spiro atoms. The third-order valence-electron chi connectivity index (χ3n) is 5.47. The van der Waals surface area contributed by atoms with Crippen LogP contribution in [0.2, 0.25) is 0 Å². The molecular formula is C22H25N3O3. The van der Waals surface area contributed by atoms with Crippen LogP contribution in [0.4, 0.5) is 5.69 Å². The van der Waals surface area contributed by atoms with E-state index in [1.165, 1.54) is 17.5 Å². The molecule has 2 amide bonds. The number of carbonyl (C=O) groups excluding carboxylic acids is 2. The Morgan fingerprint density at radius 1 is 1.29 bits per heavy atom. The van der Waals surface area contributed by atoms with Crippen LogP contribution in [0.5, 0.6) is 5.88 Å². The van der Waals surface area contributed by atoms with Gasteiger partial charge >= 0.3 is 0 Å². The number of rotatable bonds is 6. The number of fused-ring (bicyclic) bond motifs is 1. The van der Waals surface area contributed by atoms with Crippen molar-refractivity contribution in [3.05, 3.63) is 53.2 Å². The number of aryl methyl sites for hydroxylation is 2. The van der Waals surface area contributed by atoms with Crippen molar-refractivity contribution in [2.45, 2.75) is 39.2 Å². The van der Waals surface area contributed by atoms with Gasteiger partial charge in [0.05, 0.1) is 12.5 Å². The molecule has 2 heterocycles. The smallest absolute Gasteiger partial charge is 0.227 e. The minimum atomic E-state index is -0.340. The van der Waals surface area contributed by atoms with Crippen LogP contribution >= 0.6 is 0 Å². The Balaban J connectivity index is 1.39. The largest absolute Gasteiger partial charge is 0.478 e. The molecule has 146 valence electrons. The third kappa shape index (κ3) is 3.72. The SMILES string of the molecule is CCOc1ncccc1CNC(=O)[C@@H]1CC(=O)N(c2ccc3c(c2)CCC3)C1. The molecule has 1 fully saturated rings. The van der Waals surface area contributed by atoms with Crippen LogP contribution in [0.25, 0.3) is 0 Å². The summed E-state index contributed by atoms with van der Waals surface area (Å²) in [4.78, 5) is 31.1. The van der Waals surface area contributed by atoms with E-state index in [4.69, 9.17) is 4.74 Å². The summed E-state index contributed by atoms with van der Waals surface area (Å²) >= 11 is 0. The molecule has 0 saturated carbocycles. The van der Waals surface area contributed by atoms with Crippen LogP contribution in [0.1, 0.15) is 36.5 Å². The van der Waals surface area contributed by atoms with Gasteiger partial charge in [-0.15, -0.1) is 0 Å². The maximum atomic E-state index is 12.6. The highest BCUT2D eigenvalue weighted by Crippen LogP contribution is 2.30. The van der Waals surface area contributed by atoms with Crippen LogP contribution in [0.3, 0.4) is 0 Å². The molecule has 28 heavy (non-hydrogen) atoms. The lowest BCUT2D eigenvalue weighted by atomic mass is 10.1. The molecule has 6 nitrogen and oxygen atoms in total. The van der Waals surface area contributed by atoms with E-state index in [2.05, 4.69) is 22.4 Å². The number of nitrogens with one attached hydrogen (secondary N) is 1. The number of aromatic nitrogens is 1. The van der Waals surface area contributed by atoms with Crippen molar-refractivity contribution < 1.29 is 14.3 Å². The zero-order valence-electron chi connectivity index (χ0n) is 16.1. The van der Waals surface area contributed by atoms with Gasteiger partial charge in [-0.2, -0.15) is 0 Å². The van der Waals surface area contributed by atoms with Crippen molar-refractivity contribution in [3.63, 3.8) is 0 Å². The van der Waals surface area contributed by atoms with Gasteiger partial charge in [0.15, 0.2) is 0 Å². The van der Waals surface area contributed by atoms with Crippen molar-refractivity contribution in [1.82, 2.24) is 10.3 Å². The molecule has 2 aromatic rings. The second-order valence-electron chi connectivity index (χ2n) is 7.33. The van der Waals surface area contributed by atoms with Gasteiger partial charge in [0, 0.05) is 37.0 Å². The Morgan fingerprint density at radius 2 is 2.14 bits per heavy atom. The molecule has 1 N–H and O–H groups in total. The average molecular weight is 379 g/mol. The lowest BCUT2D eigenvalue weighted by molar-refractivity contribution is -0.126. The first-order valence-electron chi connectivity index (χ1n) is 9.92. The van der Waals surface area contributed by atoms with Crippen LogP contribution in [-0.2, 0) is 29.0 Å². The second-order valence-corrected chi connectivity index (χ2v) is 7.33. The van der Waals surface area contributed by atoms with E-state index in [-0.39, 0.29) is 24.2 Å². The summed E-state index contributed by atoms with van der Waals surface area (Å²) in [6, 6.07) is 9.94. The fourth-order valence-electron chi connectivity index (χ4n) is 4.01. The topological polar surface area (TPSA) is 71.5 Å². The maximum Gasteiger partial charge on any atom is 0.227 e. The summed E-state index contributed by atoms with van der Waals surface area (Å²) in [5.74, 6) is 0.0957. The Kier molecular flexibility index (Phi) is 5.28. The van der Waals surface area contributed by atoms with Crippen molar-refractivity contribution in [2.75, 3.05) is 18.1 Å². The van der Waals surface area contributed by atoms with Crippen LogP contribution in [-0.4, -0.2) is 29.9 Å². The maximum absolute atomic E-state index is 12.6. The summed E-state index contributed by atoms with van der Waals surface area (Å²) in [6.07, 6.45) is 5.28. The average Bonchev–Trinajstić information content (AvgIpc) is 3.33. The molecule has 1 aliphatic heterocycles. The third-order valence-corrected chi connectivity index (χ3v) is 5.47. The first-order chi connectivity index (χ1) is 13.7. The molecule has 0 unspecified atom stereocenters. The molecule has 1 aromatic heterocycles. The van der Waals surface area contributed by atoms with E-state index in [0.717, 1.165) is 24.1 Å². The molecule has 2 aliphatic rings. The summed E-state index contributed by atoms with van der Waals surface area (Å²) in [6.45, 7) is 3.18. The lowest BCUT2D eigenvalue weighted by Crippen LogP contribution is -2.32. The molecule has 0 bridgehead atoms. The molecule has 1 atom stereocenters. The van der Waals surface area contributed by atoms with Crippen molar-refractivity contribution in [2.24, 2.45) is 5.92 Å². The van der Waals surface area contributed by atoms with Crippen LogP contribution in [0.15, 0.2) is 36.5 Å². The normalized spacial score (nSPS) is 18.2. The van der Waals surface area contributed by atoms with Gasteiger partial charge in [-0.3, -0.25) is 9.59 Å². The second kappa shape index (κ2) is 8.00. The predicted octanol–water partition coefficient (Wildman–Crippen LogP) is 2.64. The number of pyridine rings is 1. The Morgan fingerprint density at radius 3 is 3.00 bits per heavy atom. The summed E-state index contributed by atoms with van der Waals surface area (Å²) in [5.41, 5.74) is 4.45. The number of nitrogens with zero attached hydrogens (tertiary/aromatic N) is 2. The van der Waals surface area contributed by atoms with Crippen LogP contribution < -0.4 is 15.0 Å². The van der Waals surface area contributed by atoms with Crippen LogP contribution in [0, 0.1) is 5.92 Å². The lowest BCUT2D eigenvalue weighted by Gasteiger charge is -2.18. The number of hydrogen-bond donors (Lipinski definition) is 1. The standard InChI is InChI=1S/C22H25N3O3/c1-2-28-22-17(7-4-10-23-22)13-24-21(27)18-12-20(26)25(14-18)19-9-8-15-5-3-6-16(15)11-19/h4,7-11,18H,2-3,5-6,12-14H2,1H3,(H,24,27)/t18-/m1/s1. The van der Waals surface area contributed by atoms with Gasteiger partial charge < -0.3 is 15.0 Å². The molecule has 1 saturated heterocycles. The monoisotopic (exact) mass is 379 g/mol.